The van der Waals surface area contributed by atoms with Gasteiger partial charge in [0.1, 0.15) is 17.3 Å². The number of Topliss-reactive ketones (excluding diaryl/α,β-unsaturated/α-hetero) is 1. The zero-order chi connectivity index (χ0) is 18.2. The normalized spacial score (nSPS) is 18.5. The topological polar surface area (TPSA) is 79.0 Å². The van der Waals surface area contributed by atoms with Crippen LogP contribution in [0.2, 0.25) is 0 Å². The van der Waals surface area contributed by atoms with Crippen molar-refractivity contribution in [2.75, 3.05) is 18.4 Å². The number of nitrogens with one attached hydrogen (secondary N) is 3. The Balaban J connectivity index is 1.51. The summed E-state index contributed by atoms with van der Waals surface area (Å²) in [7, 11) is 0. The molecule has 0 saturated heterocycles. The van der Waals surface area contributed by atoms with Gasteiger partial charge in [0, 0.05) is 29.3 Å². The Morgan fingerprint density at radius 1 is 0.963 bits per heavy atom. The van der Waals surface area contributed by atoms with Crippen LogP contribution in [-0.2, 0) is 4.79 Å². The fourth-order valence-electron chi connectivity index (χ4n) is 3.73. The van der Waals surface area contributed by atoms with E-state index in [9.17, 15) is 4.79 Å². The Morgan fingerprint density at radius 3 is 2.56 bits per heavy atom. The number of aromatic nitrogens is 2. The molecule has 0 fully saturated rings. The molecule has 134 valence electrons. The summed E-state index contributed by atoms with van der Waals surface area (Å²) in [6.07, 6.45) is 1.79. The molecule has 0 amide bonds. The summed E-state index contributed by atoms with van der Waals surface area (Å²) < 4.78 is 5.88. The van der Waals surface area contributed by atoms with Gasteiger partial charge in [0.15, 0.2) is 5.78 Å². The van der Waals surface area contributed by atoms with Gasteiger partial charge in [0.05, 0.1) is 12.7 Å². The zero-order valence-corrected chi connectivity index (χ0v) is 14.5. The highest BCUT2D eigenvalue weighted by atomic mass is 16.5. The lowest BCUT2D eigenvalue weighted by molar-refractivity contribution is -0.115. The second kappa shape index (κ2) is 6.41. The number of ether oxygens (including phenoxy) is 1. The fraction of sp³-hybridized carbons (Fsp3) is 0.143. The van der Waals surface area contributed by atoms with Crippen LogP contribution < -0.4 is 15.4 Å². The summed E-state index contributed by atoms with van der Waals surface area (Å²) in [4.78, 5) is 12.6. The number of benzene rings is 2. The highest BCUT2D eigenvalue weighted by Crippen LogP contribution is 2.42. The number of anilines is 1. The van der Waals surface area contributed by atoms with Crippen molar-refractivity contribution < 1.29 is 9.53 Å². The van der Waals surface area contributed by atoms with Gasteiger partial charge in [0.25, 0.3) is 0 Å². The SMILES string of the molecule is O=C1CNCC2=C1C(c1ccc(Oc3ccccc3)cc1)c1cn[nH]c1N2. The Labute approximate surface area is 156 Å². The van der Waals surface area contributed by atoms with Crippen molar-refractivity contribution in [3.8, 4) is 11.5 Å². The monoisotopic (exact) mass is 358 g/mol. The minimum absolute atomic E-state index is 0.116. The molecule has 6 nitrogen and oxygen atoms in total. The summed E-state index contributed by atoms with van der Waals surface area (Å²) in [6.45, 7) is 1.00. The Bertz CT molecular complexity index is 1020. The molecule has 0 saturated carbocycles. The summed E-state index contributed by atoms with van der Waals surface area (Å²) in [5.74, 6) is 2.39. The molecule has 27 heavy (non-hydrogen) atoms. The Hall–Kier alpha value is -3.38. The smallest absolute Gasteiger partial charge is 0.175 e. The van der Waals surface area contributed by atoms with Crippen LogP contribution in [0, 0.1) is 0 Å². The summed E-state index contributed by atoms with van der Waals surface area (Å²) >= 11 is 0. The number of carbonyl (C=O) groups excluding carboxylic acids is 1. The third-order valence-electron chi connectivity index (χ3n) is 4.95. The lowest BCUT2D eigenvalue weighted by atomic mass is 9.80. The molecule has 1 atom stereocenters. The van der Waals surface area contributed by atoms with Crippen LogP contribution in [0.1, 0.15) is 17.0 Å². The second-order valence-electron chi connectivity index (χ2n) is 6.66. The molecule has 3 aromatic rings. The number of ketones is 1. The van der Waals surface area contributed by atoms with Gasteiger partial charge in [0.2, 0.25) is 0 Å². The van der Waals surface area contributed by atoms with Gasteiger partial charge in [-0.15, -0.1) is 0 Å². The molecule has 0 spiro atoms. The molecule has 3 N–H and O–H groups in total. The first-order valence-corrected chi connectivity index (χ1v) is 8.90. The van der Waals surface area contributed by atoms with E-state index in [1.807, 2.05) is 54.6 Å². The van der Waals surface area contributed by atoms with E-state index in [0.29, 0.717) is 13.1 Å². The van der Waals surface area contributed by atoms with Crippen LogP contribution in [0.3, 0.4) is 0 Å². The minimum atomic E-state index is -0.129. The number of carbonyl (C=O) groups is 1. The van der Waals surface area contributed by atoms with Crippen LogP contribution in [-0.4, -0.2) is 29.1 Å². The fourth-order valence-corrected chi connectivity index (χ4v) is 3.73. The molecule has 3 heterocycles. The number of rotatable bonds is 3. The predicted octanol–water partition coefficient (Wildman–Crippen LogP) is 3.19. The lowest BCUT2D eigenvalue weighted by Gasteiger charge is -2.32. The highest BCUT2D eigenvalue weighted by Gasteiger charge is 2.35. The van der Waals surface area contributed by atoms with Crippen molar-refractivity contribution in [2.45, 2.75) is 5.92 Å². The van der Waals surface area contributed by atoms with E-state index in [-0.39, 0.29) is 11.7 Å². The van der Waals surface area contributed by atoms with E-state index in [2.05, 4.69) is 20.8 Å². The largest absolute Gasteiger partial charge is 0.457 e. The Kier molecular flexibility index (Phi) is 3.76. The molecule has 2 aromatic carbocycles. The number of fused-ring (bicyclic) bond motifs is 1. The summed E-state index contributed by atoms with van der Waals surface area (Å²) in [5, 5.41) is 13.6. The molecule has 1 aromatic heterocycles. The van der Waals surface area contributed by atoms with E-state index in [4.69, 9.17) is 4.74 Å². The number of aromatic amines is 1. The molecule has 1 unspecified atom stereocenters. The van der Waals surface area contributed by atoms with Gasteiger partial charge < -0.3 is 15.4 Å². The molecular formula is C21H18N4O2. The van der Waals surface area contributed by atoms with E-state index in [0.717, 1.165) is 39.7 Å². The van der Waals surface area contributed by atoms with Crippen molar-refractivity contribution in [3.63, 3.8) is 0 Å². The average molecular weight is 358 g/mol. The average Bonchev–Trinajstić information content (AvgIpc) is 3.16. The van der Waals surface area contributed by atoms with E-state index < -0.39 is 0 Å². The summed E-state index contributed by atoms with van der Waals surface area (Å²) in [5.41, 5.74) is 3.76. The first-order valence-electron chi connectivity index (χ1n) is 8.90. The standard InChI is InChI=1S/C21H18N4O2/c26-18-12-22-11-17-20(18)19(16-10-23-25-21(16)24-17)13-6-8-15(9-7-13)27-14-4-2-1-3-5-14/h1-10,19,22H,11-12H2,(H2,23,24,25). The number of hydrogen-bond donors (Lipinski definition) is 3. The van der Waals surface area contributed by atoms with Gasteiger partial charge in [-0.25, -0.2) is 0 Å². The van der Waals surface area contributed by atoms with Gasteiger partial charge in [-0.1, -0.05) is 30.3 Å². The molecule has 2 aliphatic heterocycles. The van der Waals surface area contributed by atoms with Gasteiger partial charge in [-0.3, -0.25) is 9.89 Å². The third kappa shape index (κ3) is 2.80. The van der Waals surface area contributed by atoms with Crippen LogP contribution in [0.4, 0.5) is 5.82 Å². The third-order valence-corrected chi connectivity index (χ3v) is 4.95. The van der Waals surface area contributed by atoms with E-state index in [1.165, 1.54) is 0 Å². The van der Waals surface area contributed by atoms with Crippen molar-refractivity contribution in [1.29, 1.82) is 0 Å². The van der Waals surface area contributed by atoms with Crippen molar-refractivity contribution in [1.82, 2.24) is 15.5 Å². The highest BCUT2D eigenvalue weighted by molar-refractivity contribution is 6.02. The molecule has 0 bridgehead atoms. The molecule has 2 aliphatic rings. The van der Waals surface area contributed by atoms with Crippen molar-refractivity contribution in [3.05, 3.63) is 83.2 Å². The van der Waals surface area contributed by atoms with E-state index in [1.54, 1.807) is 6.20 Å². The first kappa shape index (κ1) is 15.8. The number of hydrogen-bond acceptors (Lipinski definition) is 5. The molecular weight excluding hydrogens is 340 g/mol. The summed E-state index contributed by atoms with van der Waals surface area (Å²) in [6, 6.07) is 17.6. The number of nitrogens with zero attached hydrogens (tertiary/aromatic N) is 1. The van der Waals surface area contributed by atoms with Gasteiger partial charge >= 0.3 is 0 Å². The second-order valence-corrected chi connectivity index (χ2v) is 6.66. The lowest BCUT2D eigenvalue weighted by Crippen LogP contribution is -2.39. The van der Waals surface area contributed by atoms with E-state index >= 15 is 0 Å². The number of para-hydroxylation sites is 1. The predicted molar refractivity (Wildman–Crippen MR) is 102 cm³/mol. The number of H-pyrrole nitrogens is 1. The zero-order valence-electron chi connectivity index (χ0n) is 14.5. The van der Waals surface area contributed by atoms with Crippen LogP contribution in [0.25, 0.3) is 0 Å². The van der Waals surface area contributed by atoms with Gasteiger partial charge in [-0.05, 0) is 29.8 Å². The van der Waals surface area contributed by atoms with Crippen LogP contribution in [0.5, 0.6) is 11.5 Å². The maximum atomic E-state index is 12.6. The van der Waals surface area contributed by atoms with Crippen LogP contribution in [0.15, 0.2) is 72.1 Å². The van der Waals surface area contributed by atoms with Crippen molar-refractivity contribution >= 4 is 11.6 Å². The van der Waals surface area contributed by atoms with Gasteiger partial charge in [-0.2, -0.15) is 5.10 Å². The molecule has 0 aliphatic carbocycles. The molecule has 6 heteroatoms. The quantitative estimate of drug-likeness (QED) is 0.670. The maximum absolute atomic E-state index is 12.6. The Morgan fingerprint density at radius 2 is 1.74 bits per heavy atom. The first-order chi connectivity index (χ1) is 13.3. The van der Waals surface area contributed by atoms with Crippen molar-refractivity contribution in [2.24, 2.45) is 0 Å². The van der Waals surface area contributed by atoms with Crippen LogP contribution >= 0.6 is 0 Å². The minimum Gasteiger partial charge on any atom is -0.457 e. The molecule has 0 radical (unpaired) electrons. The maximum Gasteiger partial charge on any atom is 0.175 e. The molecule has 5 rings (SSSR count).